The summed E-state index contributed by atoms with van der Waals surface area (Å²) in [5, 5.41) is 80.0. The molecule has 0 saturated carbocycles. The van der Waals surface area contributed by atoms with Crippen LogP contribution in [-0.4, -0.2) is 92.4 Å². The Hall–Kier alpha value is -3.39. The van der Waals surface area contributed by atoms with Crippen LogP contribution < -0.4 is 10.1 Å². The average molecular weight is 574 g/mol. The van der Waals surface area contributed by atoms with Crippen LogP contribution in [0.2, 0.25) is 0 Å². The molecule has 2 aliphatic rings. The average Bonchev–Trinajstić information content (AvgIpc) is 2.95. The van der Waals surface area contributed by atoms with Crippen LogP contribution in [0.1, 0.15) is 37.5 Å². The Morgan fingerprint density at radius 2 is 1.76 bits per heavy atom. The molecule has 8 N–H and O–H groups in total. The number of ketones is 1. The maximum absolute atomic E-state index is 12.7. The molecular weight excluding hydrogens is 538 g/mol. The number of likely N-dealkylation sites (N-methyl/N-ethyl adjacent to an activating group) is 1. The fourth-order valence-corrected chi connectivity index (χ4v) is 6.37. The van der Waals surface area contributed by atoms with E-state index in [1.165, 1.54) is 13.2 Å². The van der Waals surface area contributed by atoms with Crippen molar-refractivity contribution in [2.75, 3.05) is 20.8 Å². The molecule has 7 atom stereocenters. The van der Waals surface area contributed by atoms with Crippen molar-refractivity contribution in [2.45, 2.75) is 62.9 Å². The van der Waals surface area contributed by atoms with Crippen molar-refractivity contribution < 1.29 is 54.8 Å². The number of rotatable bonds is 6. The molecule has 0 spiro atoms. The summed E-state index contributed by atoms with van der Waals surface area (Å²) in [5.41, 5.74) is -2.33. The Balaban J connectivity index is 1.77. The van der Waals surface area contributed by atoms with E-state index in [-0.39, 0.29) is 38.4 Å². The van der Waals surface area contributed by atoms with Crippen molar-refractivity contribution in [3.05, 3.63) is 29.3 Å². The van der Waals surface area contributed by atoms with Crippen LogP contribution in [0.25, 0.3) is 21.5 Å². The maximum atomic E-state index is 12.7. The SMILES string of the molecule is CNC1C(C)C(O[C@@H]2C[C@@](O)(C(=O)CO)Cc3c2c(O)c2c(O)c4c(OC)cccc4c(O)c2c3O)OC(C)C1O. The van der Waals surface area contributed by atoms with Gasteiger partial charge in [0, 0.05) is 41.3 Å². The number of carbonyl (C=O) groups excluding carboxylic acids is 1. The number of phenolic OH excluding ortho intramolecular Hbond substituents is 4. The van der Waals surface area contributed by atoms with Crippen LogP contribution in [0, 0.1) is 5.92 Å². The zero-order chi connectivity index (χ0) is 30.0. The van der Waals surface area contributed by atoms with Crippen molar-refractivity contribution in [1.29, 1.82) is 0 Å². The van der Waals surface area contributed by atoms with Gasteiger partial charge in [0.05, 0.1) is 41.6 Å². The van der Waals surface area contributed by atoms with Crippen molar-refractivity contribution in [2.24, 2.45) is 5.92 Å². The fourth-order valence-electron chi connectivity index (χ4n) is 6.37. The number of hydrogen-bond acceptors (Lipinski definition) is 12. The van der Waals surface area contributed by atoms with Crippen LogP contribution in [0.15, 0.2) is 18.2 Å². The predicted octanol–water partition coefficient (Wildman–Crippen LogP) is 1.45. The molecule has 1 aliphatic heterocycles. The number of benzene rings is 3. The highest BCUT2D eigenvalue weighted by Crippen LogP contribution is 2.57. The van der Waals surface area contributed by atoms with Gasteiger partial charge >= 0.3 is 0 Å². The number of nitrogens with one attached hydrogen (secondary N) is 1. The largest absolute Gasteiger partial charge is 0.507 e. The zero-order valence-corrected chi connectivity index (χ0v) is 23.1. The highest BCUT2D eigenvalue weighted by molar-refractivity contribution is 6.17. The Morgan fingerprint density at radius 1 is 1.07 bits per heavy atom. The molecule has 1 fully saturated rings. The quantitative estimate of drug-likeness (QED) is 0.156. The number of aliphatic hydroxyl groups excluding tert-OH is 2. The number of fused-ring (bicyclic) bond motifs is 3. The molecule has 1 saturated heterocycles. The highest BCUT2D eigenvalue weighted by Gasteiger charge is 2.49. The van der Waals surface area contributed by atoms with Crippen LogP contribution in [0.3, 0.4) is 0 Å². The molecule has 1 aliphatic carbocycles. The first-order valence-corrected chi connectivity index (χ1v) is 13.3. The second-order valence-electron chi connectivity index (χ2n) is 10.9. The molecule has 5 unspecified atom stereocenters. The molecule has 41 heavy (non-hydrogen) atoms. The van der Waals surface area contributed by atoms with Gasteiger partial charge < -0.3 is 55.3 Å². The molecule has 3 aromatic carbocycles. The van der Waals surface area contributed by atoms with Crippen LogP contribution in [0.4, 0.5) is 0 Å². The minimum Gasteiger partial charge on any atom is -0.507 e. The predicted molar refractivity (Wildman–Crippen MR) is 146 cm³/mol. The van der Waals surface area contributed by atoms with Gasteiger partial charge in [-0.05, 0) is 20.0 Å². The van der Waals surface area contributed by atoms with Gasteiger partial charge in [-0.3, -0.25) is 4.79 Å². The molecule has 12 heteroatoms. The first kappa shape index (κ1) is 29.1. The van der Waals surface area contributed by atoms with Gasteiger partial charge in [-0.25, -0.2) is 0 Å². The third kappa shape index (κ3) is 4.33. The second kappa shape index (κ2) is 10.5. The lowest BCUT2D eigenvalue weighted by atomic mass is 9.74. The highest BCUT2D eigenvalue weighted by atomic mass is 16.7. The topological polar surface area (TPSA) is 198 Å². The lowest BCUT2D eigenvalue weighted by Gasteiger charge is -2.45. The minimum absolute atomic E-state index is 0.0232. The third-order valence-corrected chi connectivity index (χ3v) is 8.60. The summed E-state index contributed by atoms with van der Waals surface area (Å²) in [4.78, 5) is 12.7. The Morgan fingerprint density at radius 3 is 2.39 bits per heavy atom. The van der Waals surface area contributed by atoms with Crippen LogP contribution >= 0.6 is 0 Å². The Kier molecular flexibility index (Phi) is 7.43. The summed E-state index contributed by atoms with van der Waals surface area (Å²) < 4.78 is 17.6. The van der Waals surface area contributed by atoms with Gasteiger partial charge in [0.15, 0.2) is 12.1 Å². The van der Waals surface area contributed by atoms with E-state index in [4.69, 9.17) is 14.2 Å². The number of carbonyl (C=O) groups is 1. The first-order valence-electron chi connectivity index (χ1n) is 13.3. The number of ether oxygens (including phenoxy) is 3. The van der Waals surface area contributed by atoms with Gasteiger partial charge in [0.25, 0.3) is 0 Å². The molecule has 1 heterocycles. The molecule has 0 aromatic heterocycles. The normalized spacial score (nSPS) is 29.9. The molecule has 0 bridgehead atoms. The van der Waals surface area contributed by atoms with E-state index >= 15 is 0 Å². The maximum Gasteiger partial charge on any atom is 0.190 e. The number of Topliss-reactive ketones (excluding diaryl/α,β-unsaturated/α-hetero) is 1. The van der Waals surface area contributed by atoms with Gasteiger partial charge in [-0.1, -0.05) is 19.1 Å². The van der Waals surface area contributed by atoms with Crippen LogP contribution in [-0.2, 0) is 20.7 Å². The summed E-state index contributed by atoms with van der Waals surface area (Å²) >= 11 is 0. The van der Waals surface area contributed by atoms with Crippen LogP contribution in [0.5, 0.6) is 28.7 Å². The van der Waals surface area contributed by atoms with E-state index in [9.17, 15) is 40.5 Å². The first-order chi connectivity index (χ1) is 19.4. The molecule has 12 nitrogen and oxygen atoms in total. The van der Waals surface area contributed by atoms with Crippen molar-refractivity contribution in [1.82, 2.24) is 5.32 Å². The number of aliphatic hydroxyl groups is 3. The van der Waals surface area contributed by atoms with Crippen molar-refractivity contribution >= 4 is 27.3 Å². The summed E-state index contributed by atoms with van der Waals surface area (Å²) in [6.45, 7) is 2.44. The summed E-state index contributed by atoms with van der Waals surface area (Å²) in [6, 6.07) is 4.19. The van der Waals surface area contributed by atoms with Crippen molar-refractivity contribution in [3.63, 3.8) is 0 Å². The standard InChI is InChI=1S/C29H35NO11/c1-11-22(30-3)23(33)12(2)40-28(11)41-16-9-29(38,17(32)10-31)8-14-19(16)27(37)21-20(25(14)35)24(34)13-6-5-7-15(39-4)18(13)26(21)36/h5-7,11-12,16,22-23,28,30-31,33-38H,8-10H2,1-4H3/t11?,12?,16-,22?,23?,28?,29-/m1/s1. The number of aromatic hydroxyl groups is 4. The van der Waals surface area contributed by atoms with Crippen molar-refractivity contribution in [3.8, 4) is 28.7 Å². The van der Waals surface area contributed by atoms with E-state index < -0.39 is 90.4 Å². The van der Waals surface area contributed by atoms with Gasteiger partial charge in [0.2, 0.25) is 0 Å². The molecule has 5 rings (SSSR count). The Labute approximate surface area is 235 Å². The molecular formula is C29H35NO11. The van der Waals surface area contributed by atoms with E-state index in [0.29, 0.717) is 0 Å². The van der Waals surface area contributed by atoms with Gasteiger partial charge in [-0.15, -0.1) is 0 Å². The summed E-state index contributed by atoms with van der Waals surface area (Å²) in [6.07, 6.45) is -4.72. The molecule has 222 valence electrons. The smallest absolute Gasteiger partial charge is 0.190 e. The number of phenols is 4. The summed E-state index contributed by atoms with van der Waals surface area (Å²) in [5.74, 6) is -3.23. The van der Waals surface area contributed by atoms with E-state index in [0.717, 1.165) is 0 Å². The lowest BCUT2D eigenvalue weighted by molar-refractivity contribution is -0.271. The molecule has 3 aromatic rings. The van der Waals surface area contributed by atoms with E-state index in [2.05, 4.69) is 5.32 Å². The number of hydrogen-bond donors (Lipinski definition) is 8. The van der Waals surface area contributed by atoms with Gasteiger partial charge in [-0.2, -0.15) is 0 Å². The monoisotopic (exact) mass is 573 g/mol. The Bertz CT molecular complexity index is 1520. The second-order valence-corrected chi connectivity index (χ2v) is 10.9. The van der Waals surface area contributed by atoms with Gasteiger partial charge in [0.1, 0.15) is 41.0 Å². The zero-order valence-electron chi connectivity index (χ0n) is 23.1. The van der Waals surface area contributed by atoms with E-state index in [1.807, 2.05) is 0 Å². The molecule has 0 amide bonds. The molecule has 0 radical (unpaired) electrons. The fraction of sp³-hybridized carbons (Fsp3) is 0.483. The van der Waals surface area contributed by atoms with E-state index in [1.54, 1.807) is 33.0 Å². The minimum atomic E-state index is -2.20. The third-order valence-electron chi connectivity index (χ3n) is 8.60. The lowest BCUT2D eigenvalue weighted by Crippen LogP contribution is -2.58. The summed E-state index contributed by atoms with van der Waals surface area (Å²) in [7, 11) is 3.06. The number of methoxy groups -OCH3 is 1.